The van der Waals surface area contributed by atoms with E-state index in [0.717, 1.165) is 12.0 Å². The smallest absolute Gasteiger partial charge is 0.373 e. The van der Waals surface area contributed by atoms with Crippen LogP contribution < -0.4 is 34.5 Å². The third-order valence-electron chi connectivity index (χ3n) is 2.15. The van der Waals surface area contributed by atoms with E-state index in [1.54, 1.807) is 36.2 Å². The molecule has 0 aliphatic carbocycles. The summed E-state index contributed by atoms with van der Waals surface area (Å²) < 4.78 is 29.7. The molecule has 0 aromatic heterocycles. The van der Waals surface area contributed by atoms with Crippen LogP contribution in [-0.4, -0.2) is 38.6 Å². The van der Waals surface area contributed by atoms with E-state index in [-0.39, 0.29) is 41.9 Å². The van der Waals surface area contributed by atoms with Gasteiger partial charge in [-0.15, -0.1) is 0 Å². The maximum Gasteiger partial charge on any atom is 1.00 e. The minimum atomic E-state index is -3.94. The number of aldehydes is 1. The zero-order chi connectivity index (χ0) is 12.2. The molecule has 0 aliphatic rings. The van der Waals surface area contributed by atoms with Crippen LogP contribution in [0.4, 0.5) is 5.69 Å². The maximum absolute atomic E-state index is 10.6. The minimum Gasteiger partial charge on any atom is -0.373 e. The summed E-state index contributed by atoms with van der Waals surface area (Å²) in [6, 6.07) is 6.72. The third kappa shape index (κ3) is 6.18. The molecule has 17 heavy (non-hydrogen) atoms. The van der Waals surface area contributed by atoms with E-state index >= 15 is 0 Å². The first-order chi connectivity index (χ1) is 7.42. The van der Waals surface area contributed by atoms with Gasteiger partial charge in [-0.2, -0.15) is 8.42 Å². The molecule has 0 fully saturated rings. The molecule has 7 heteroatoms. The first kappa shape index (κ1) is 16.6. The Balaban J connectivity index is 0.00000256. The van der Waals surface area contributed by atoms with Crippen molar-refractivity contribution in [2.24, 2.45) is 0 Å². The number of nitrogens with zero attached hydrogens (tertiary/aromatic N) is 1. The molecule has 0 radical (unpaired) electrons. The first-order valence-electron chi connectivity index (χ1n) is 4.64. The summed E-state index contributed by atoms with van der Waals surface area (Å²) in [6.07, 6.45) is 0.738. The minimum absolute atomic E-state index is 0. The molecule has 1 N–H and O–H groups in total. The van der Waals surface area contributed by atoms with Crippen molar-refractivity contribution in [2.45, 2.75) is 0 Å². The Hall–Kier alpha value is -0.400. The number of carbonyl (C=O) groups excluding carboxylic acids is 1. The van der Waals surface area contributed by atoms with Gasteiger partial charge in [0.25, 0.3) is 10.1 Å². The van der Waals surface area contributed by atoms with Gasteiger partial charge in [0.1, 0.15) is 6.29 Å². The molecule has 0 amide bonds. The van der Waals surface area contributed by atoms with Gasteiger partial charge in [-0.3, -0.25) is 9.35 Å². The van der Waals surface area contributed by atoms with Crippen LogP contribution in [0.25, 0.3) is 0 Å². The quantitative estimate of drug-likeness (QED) is 0.373. The average Bonchev–Trinajstić information content (AvgIpc) is 2.25. The summed E-state index contributed by atoms with van der Waals surface area (Å²) in [5.41, 5.74) is 1.35. The first-order valence-corrected chi connectivity index (χ1v) is 6.25. The van der Waals surface area contributed by atoms with Gasteiger partial charge in [0.05, 0.1) is 5.75 Å². The fraction of sp³-hybridized carbons (Fsp3) is 0.300. The van der Waals surface area contributed by atoms with E-state index < -0.39 is 10.1 Å². The van der Waals surface area contributed by atoms with Crippen LogP contribution in [0.1, 0.15) is 10.4 Å². The molecule has 88 valence electrons. The summed E-state index contributed by atoms with van der Waals surface area (Å²) in [5.74, 6) is -0.321. The second-order valence-electron chi connectivity index (χ2n) is 3.42. The van der Waals surface area contributed by atoms with Gasteiger partial charge in [0, 0.05) is 24.8 Å². The molecule has 1 rings (SSSR count). The van der Waals surface area contributed by atoms with Crippen LogP contribution in [-0.2, 0) is 10.1 Å². The predicted octanol–water partition coefficient (Wildman–Crippen LogP) is -2.17. The van der Waals surface area contributed by atoms with Crippen LogP contribution in [0.5, 0.6) is 0 Å². The van der Waals surface area contributed by atoms with Crippen molar-refractivity contribution in [2.75, 3.05) is 24.2 Å². The van der Waals surface area contributed by atoms with Crippen molar-refractivity contribution in [3.63, 3.8) is 0 Å². The van der Waals surface area contributed by atoms with E-state index in [1.165, 1.54) is 0 Å². The molecule has 0 saturated carbocycles. The summed E-state index contributed by atoms with van der Waals surface area (Å²) in [6.45, 7) is 0.194. The summed E-state index contributed by atoms with van der Waals surface area (Å²) >= 11 is 0. The average molecular weight is 266 g/mol. The van der Waals surface area contributed by atoms with Crippen LogP contribution in [0.2, 0.25) is 0 Å². The number of carbonyl (C=O) groups is 1. The second-order valence-corrected chi connectivity index (χ2v) is 4.99. The molecule has 1 aromatic rings. The molecule has 0 saturated heterocycles. The molecule has 0 heterocycles. The van der Waals surface area contributed by atoms with E-state index in [4.69, 9.17) is 4.55 Å². The SMILES string of the molecule is CN(CCS(=O)(=O)O)c1ccc(C=O)cc1.[Na+]. The van der Waals surface area contributed by atoms with Gasteiger partial charge >= 0.3 is 29.6 Å². The molecular formula is C10H13NNaO4S+. The predicted molar refractivity (Wildman–Crippen MR) is 61.5 cm³/mol. The maximum atomic E-state index is 10.6. The molecule has 1 aromatic carbocycles. The van der Waals surface area contributed by atoms with E-state index in [2.05, 4.69) is 0 Å². The zero-order valence-corrected chi connectivity index (χ0v) is 12.6. The van der Waals surface area contributed by atoms with Crippen molar-refractivity contribution in [3.8, 4) is 0 Å². The fourth-order valence-corrected chi connectivity index (χ4v) is 1.69. The molecule has 0 unspecified atom stereocenters. The van der Waals surface area contributed by atoms with Crippen molar-refractivity contribution >= 4 is 22.1 Å². The monoisotopic (exact) mass is 266 g/mol. The Morgan fingerprint density at radius 1 is 1.29 bits per heavy atom. The summed E-state index contributed by atoms with van der Waals surface area (Å²) in [7, 11) is -2.23. The molecular weight excluding hydrogens is 253 g/mol. The second kappa shape index (κ2) is 7.13. The van der Waals surface area contributed by atoms with E-state index in [1.807, 2.05) is 0 Å². The Morgan fingerprint density at radius 3 is 2.24 bits per heavy atom. The van der Waals surface area contributed by atoms with E-state index in [9.17, 15) is 13.2 Å². The molecule has 0 atom stereocenters. The van der Waals surface area contributed by atoms with Crippen LogP contribution in [0, 0.1) is 0 Å². The molecule has 0 spiro atoms. The van der Waals surface area contributed by atoms with E-state index in [0.29, 0.717) is 5.56 Å². The van der Waals surface area contributed by atoms with Crippen molar-refractivity contribution in [1.29, 1.82) is 0 Å². The van der Waals surface area contributed by atoms with Crippen LogP contribution in [0.3, 0.4) is 0 Å². The zero-order valence-electron chi connectivity index (χ0n) is 9.83. The molecule has 0 aliphatic heterocycles. The standard InChI is InChI=1S/C10H13NO4S.Na/c1-11(6-7-16(13,14)15)10-4-2-9(8-12)3-5-10;/h2-5,8H,6-7H2,1H3,(H,13,14,15);/q;+1. The van der Waals surface area contributed by atoms with Crippen molar-refractivity contribution in [3.05, 3.63) is 29.8 Å². The van der Waals surface area contributed by atoms with Gasteiger partial charge < -0.3 is 4.90 Å². The largest absolute Gasteiger partial charge is 1.00 e. The topological polar surface area (TPSA) is 74.7 Å². The Morgan fingerprint density at radius 2 is 1.82 bits per heavy atom. The van der Waals surface area contributed by atoms with Gasteiger partial charge in [-0.25, -0.2) is 0 Å². The number of anilines is 1. The van der Waals surface area contributed by atoms with Gasteiger partial charge in [-0.05, 0) is 24.3 Å². The number of hydrogen-bond donors (Lipinski definition) is 1. The van der Waals surface area contributed by atoms with Crippen LogP contribution >= 0.6 is 0 Å². The number of rotatable bonds is 5. The Kier molecular flexibility index (Phi) is 6.96. The molecule has 5 nitrogen and oxygen atoms in total. The van der Waals surface area contributed by atoms with Crippen molar-refractivity contribution in [1.82, 2.24) is 0 Å². The summed E-state index contributed by atoms with van der Waals surface area (Å²) in [4.78, 5) is 12.1. The normalized spacial score (nSPS) is 10.5. The molecule has 0 bridgehead atoms. The number of benzene rings is 1. The summed E-state index contributed by atoms with van der Waals surface area (Å²) in [5, 5.41) is 0. The van der Waals surface area contributed by atoms with Crippen molar-refractivity contribution < 1.29 is 47.3 Å². The van der Waals surface area contributed by atoms with Gasteiger partial charge in [0.2, 0.25) is 0 Å². The van der Waals surface area contributed by atoms with Gasteiger partial charge in [-0.1, -0.05) is 0 Å². The Bertz CT molecular complexity index is 458. The van der Waals surface area contributed by atoms with Gasteiger partial charge in [0.15, 0.2) is 0 Å². The third-order valence-corrected chi connectivity index (χ3v) is 2.85. The Labute approximate surface area is 123 Å². The van der Waals surface area contributed by atoms with Crippen LogP contribution in [0.15, 0.2) is 24.3 Å². The fourth-order valence-electron chi connectivity index (χ4n) is 1.19. The number of hydrogen-bond acceptors (Lipinski definition) is 4.